The lowest BCUT2D eigenvalue weighted by Gasteiger charge is -2.29. The molecule has 3 atom stereocenters. The monoisotopic (exact) mass is 404 g/mol. The molecule has 2 aromatic rings. The van der Waals surface area contributed by atoms with Crippen LogP contribution in [0.2, 0.25) is 0 Å². The molecular weight excluding hydrogens is 372 g/mol. The van der Waals surface area contributed by atoms with E-state index in [9.17, 15) is 4.79 Å². The number of anilines is 1. The minimum atomic E-state index is 0.0223. The third-order valence-electron chi connectivity index (χ3n) is 7.34. The highest BCUT2D eigenvalue weighted by Crippen LogP contribution is 2.39. The molecule has 5 rings (SSSR count). The van der Waals surface area contributed by atoms with Crippen LogP contribution in [0.4, 0.5) is 5.69 Å². The predicted octanol–water partition coefficient (Wildman–Crippen LogP) is 3.56. The molecule has 1 aliphatic carbocycles. The Balaban J connectivity index is 1.23. The van der Waals surface area contributed by atoms with Gasteiger partial charge in [0.05, 0.1) is 5.56 Å². The molecule has 1 aromatic heterocycles. The molecule has 0 radical (unpaired) electrons. The molecular formula is C25H32N4O. The zero-order valence-corrected chi connectivity index (χ0v) is 18.1. The first kappa shape index (κ1) is 19.6. The van der Waals surface area contributed by atoms with Crippen molar-refractivity contribution in [1.82, 2.24) is 15.2 Å². The average Bonchev–Trinajstić information content (AvgIpc) is 3.32. The number of fused-ring (bicyclic) bond motifs is 2. The molecule has 30 heavy (non-hydrogen) atoms. The molecule has 1 amide bonds. The van der Waals surface area contributed by atoms with E-state index >= 15 is 0 Å². The fourth-order valence-electron chi connectivity index (χ4n) is 5.85. The van der Waals surface area contributed by atoms with E-state index < -0.39 is 0 Å². The normalized spacial score (nSPS) is 25.8. The van der Waals surface area contributed by atoms with Gasteiger partial charge < -0.3 is 10.2 Å². The summed E-state index contributed by atoms with van der Waals surface area (Å²) in [6.45, 7) is 5.29. The van der Waals surface area contributed by atoms with Crippen LogP contribution in [0.3, 0.4) is 0 Å². The molecule has 3 heterocycles. The minimum Gasteiger partial charge on any atom is -0.374 e. The highest BCUT2D eigenvalue weighted by atomic mass is 16.1. The van der Waals surface area contributed by atoms with Gasteiger partial charge in [-0.3, -0.25) is 14.7 Å². The molecule has 2 aliphatic heterocycles. The number of rotatable bonds is 4. The van der Waals surface area contributed by atoms with Gasteiger partial charge in [0, 0.05) is 50.3 Å². The smallest absolute Gasteiger partial charge is 0.253 e. The van der Waals surface area contributed by atoms with Crippen molar-refractivity contribution in [2.24, 2.45) is 5.92 Å². The first-order valence-corrected chi connectivity index (χ1v) is 11.4. The second-order valence-corrected chi connectivity index (χ2v) is 9.39. The van der Waals surface area contributed by atoms with Crippen LogP contribution in [0.25, 0.3) is 0 Å². The van der Waals surface area contributed by atoms with Crippen molar-refractivity contribution in [3.8, 4) is 0 Å². The molecule has 5 nitrogen and oxygen atoms in total. The number of nitrogens with zero attached hydrogens (tertiary/aromatic N) is 3. The van der Waals surface area contributed by atoms with Gasteiger partial charge in [0.25, 0.3) is 5.91 Å². The third-order valence-corrected chi connectivity index (χ3v) is 7.34. The molecule has 5 heteroatoms. The maximum absolute atomic E-state index is 12.7. The van der Waals surface area contributed by atoms with Crippen molar-refractivity contribution >= 4 is 11.6 Å². The zero-order chi connectivity index (χ0) is 20.7. The first-order valence-electron chi connectivity index (χ1n) is 11.4. The van der Waals surface area contributed by atoms with Gasteiger partial charge in [0.2, 0.25) is 0 Å². The van der Waals surface area contributed by atoms with E-state index in [4.69, 9.17) is 0 Å². The van der Waals surface area contributed by atoms with Crippen LogP contribution in [-0.2, 0) is 13.0 Å². The molecule has 0 spiro atoms. The van der Waals surface area contributed by atoms with Gasteiger partial charge in [-0.25, -0.2) is 0 Å². The maximum Gasteiger partial charge on any atom is 0.253 e. The van der Waals surface area contributed by atoms with Crippen LogP contribution < -0.4 is 10.2 Å². The van der Waals surface area contributed by atoms with Gasteiger partial charge in [-0.05, 0) is 80.3 Å². The zero-order valence-electron chi connectivity index (χ0n) is 18.1. The number of aromatic nitrogens is 1. The number of benzene rings is 1. The standard InChI is InChI=1S/C25H32N4O/c1-17-12-20(15-26-14-17)25(30)27-22-6-8-24-21(22)9-11-29(24)16-18-5-7-23-19(13-18)4-3-10-28(23)2/h5,7,12-15,21-22,24H,3-4,6,8-11,16H2,1-2H3,(H,27,30)/t21-,22-,24+/m0/s1. The highest BCUT2D eigenvalue weighted by Gasteiger charge is 2.44. The summed E-state index contributed by atoms with van der Waals surface area (Å²) < 4.78 is 0. The summed E-state index contributed by atoms with van der Waals surface area (Å²) in [5.41, 5.74) is 6.03. The third kappa shape index (κ3) is 3.71. The number of amides is 1. The van der Waals surface area contributed by atoms with Crippen LogP contribution in [0.5, 0.6) is 0 Å². The van der Waals surface area contributed by atoms with Gasteiger partial charge in [-0.2, -0.15) is 0 Å². The van der Waals surface area contributed by atoms with E-state index in [1.807, 2.05) is 13.0 Å². The lowest BCUT2D eigenvalue weighted by Crippen LogP contribution is -2.39. The fourth-order valence-corrected chi connectivity index (χ4v) is 5.85. The second kappa shape index (κ2) is 8.03. The second-order valence-electron chi connectivity index (χ2n) is 9.39. The largest absolute Gasteiger partial charge is 0.374 e. The van der Waals surface area contributed by atoms with E-state index in [2.05, 4.69) is 45.3 Å². The van der Waals surface area contributed by atoms with Crippen molar-refractivity contribution in [1.29, 1.82) is 0 Å². The Bertz CT molecular complexity index is 942. The number of pyridine rings is 1. The number of carbonyl (C=O) groups excluding carboxylic acids is 1. The molecule has 1 saturated carbocycles. The van der Waals surface area contributed by atoms with Crippen LogP contribution in [0, 0.1) is 12.8 Å². The molecule has 0 bridgehead atoms. The van der Waals surface area contributed by atoms with Crippen LogP contribution in [0.15, 0.2) is 36.7 Å². The van der Waals surface area contributed by atoms with Crippen LogP contribution in [0.1, 0.15) is 52.7 Å². The molecule has 1 aromatic carbocycles. The van der Waals surface area contributed by atoms with Crippen molar-refractivity contribution in [2.75, 3.05) is 25.0 Å². The van der Waals surface area contributed by atoms with E-state index in [0.717, 1.165) is 31.6 Å². The maximum atomic E-state index is 12.7. The fraction of sp³-hybridized carbons (Fsp3) is 0.520. The lowest BCUT2D eigenvalue weighted by atomic mass is 9.98. The Morgan fingerprint density at radius 1 is 1.17 bits per heavy atom. The van der Waals surface area contributed by atoms with Crippen LogP contribution in [-0.4, -0.2) is 48.0 Å². The molecule has 3 aliphatic rings. The quantitative estimate of drug-likeness (QED) is 0.847. The Hall–Kier alpha value is -2.40. The summed E-state index contributed by atoms with van der Waals surface area (Å²) in [7, 11) is 2.20. The van der Waals surface area contributed by atoms with Gasteiger partial charge in [0.15, 0.2) is 0 Å². The summed E-state index contributed by atoms with van der Waals surface area (Å²) in [6.07, 6.45) is 9.33. The number of carbonyl (C=O) groups is 1. The molecule has 0 unspecified atom stereocenters. The first-order chi connectivity index (χ1) is 14.6. The summed E-state index contributed by atoms with van der Waals surface area (Å²) in [5, 5.41) is 3.31. The topological polar surface area (TPSA) is 48.5 Å². The molecule has 1 saturated heterocycles. The van der Waals surface area contributed by atoms with Gasteiger partial charge in [0.1, 0.15) is 0 Å². The summed E-state index contributed by atoms with van der Waals surface area (Å²) in [5.74, 6) is 0.588. The van der Waals surface area contributed by atoms with Crippen molar-refractivity contribution in [3.05, 3.63) is 58.9 Å². The number of aryl methyl sites for hydroxylation is 2. The van der Waals surface area contributed by atoms with E-state index in [1.54, 1.807) is 12.4 Å². The van der Waals surface area contributed by atoms with Crippen molar-refractivity contribution in [2.45, 2.75) is 57.7 Å². The minimum absolute atomic E-state index is 0.0223. The van der Waals surface area contributed by atoms with Gasteiger partial charge in [-0.1, -0.05) is 12.1 Å². The van der Waals surface area contributed by atoms with E-state index in [1.165, 1.54) is 42.5 Å². The molecule has 2 fully saturated rings. The molecule has 158 valence electrons. The van der Waals surface area contributed by atoms with Crippen LogP contribution >= 0.6 is 0 Å². The van der Waals surface area contributed by atoms with Crippen molar-refractivity contribution < 1.29 is 4.79 Å². The average molecular weight is 405 g/mol. The lowest BCUT2D eigenvalue weighted by molar-refractivity contribution is 0.0926. The summed E-state index contributed by atoms with van der Waals surface area (Å²) in [6, 6.07) is 9.84. The number of hydrogen-bond acceptors (Lipinski definition) is 4. The Morgan fingerprint density at radius 3 is 2.93 bits per heavy atom. The summed E-state index contributed by atoms with van der Waals surface area (Å²) >= 11 is 0. The van der Waals surface area contributed by atoms with E-state index in [0.29, 0.717) is 17.5 Å². The van der Waals surface area contributed by atoms with Gasteiger partial charge in [-0.15, -0.1) is 0 Å². The predicted molar refractivity (Wildman–Crippen MR) is 120 cm³/mol. The van der Waals surface area contributed by atoms with E-state index in [-0.39, 0.29) is 11.9 Å². The summed E-state index contributed by atoms with van der Waals surface area (Å²) in [4.78, 5) is 21.9. The van der Waals surface area contributed by atoms with Gasteiger partial charge >= 0.3 is 0 Å². The number of nitrogens with one attached hydrogen (secondary N) is 1. The number of hydrogen-bond donors (Lipinski definition) is 1. The molecule has 1 N–H and O–H groups in total. The Labute approximate surface area is 179 Å². The Morgan fingerprint density at radius 2 is 2.07 bits per heavy atom. The highest BCUT2D eigenvalue weighted by molar-refractivity contribution is 5.94. The van der Waals surface area contributed by atoms with Crippen molar-refractivity contribution in [3.63, 3.8) is 0 Å². The SMILES string of the molecule is Cc1cncc(C(=O)N[C@H]2CC[C@@H]3[C@H]2CCN3Cc2ccc3c(c2)CCCN3C)c1. The number of likely N-dealkylation sites (tertiary alicyclic amines) is 1. The Kier molecular flexibility index (Phi) is 5.23.